The van der Waals surface area contributed by atoms with E-state index in [-0.39, 0.29) is 11.3 Å². The third kappa shape index (κ3) is 3.44. The van der Waals surface area contributed by atoms with Crippen LogP contribution in [0, 0.1) is 10.1 Å². The maximum Gasteiger partial charge on any atom is 0.379 e. The lowest BCUT2D eigenvalue weighted by atomic mass is 10.1. The fraction of sp³-hybridized carbons (Fsp3) is 0. The van der Waals surface area contributed by atoms with E-state index in [1.165, 1.54) is 24.3 Å². The lowest BCUT2D eigenvalue weighted by molar-refractivity contribution is -0.377. The van der Waals surface area contributed by atoms with Gasteiger partial charge in [0.25, 0.3) is 5.76 Å². The Morgan fingerprint density at radius 3 is 2.00 bits per heavy atom. The van der Waals surface area contributed by atoms with Gasteiger partial charge in [0.2, 0.25) is 0 Å². The highest BCUT2D eigenvalue weighted by Crippen LogP contribution is 2.23. The van der Waals surface area contributed by atoms with E-state index >= 15 is 0 Å². The van der Waals surface area contributed by atoms with Crippen molar-refractivity contribution in [1.82, 2.24) is 0 Å². The first-order valence-electron chi connectivity index (χ1n) is 6.00. The van der Waals surface area contributed by atoms with Crippen LogP contribution in [0.5, 0.6) is 5.75 Å². The second kappa shape index (κ2) is 6.33. The van der Waals surface area contributed by atoms with Crippen molar-refractivity contribution in [3.05, 3.63) is 82.1 Å². The third-order valence-electron chi connectivity index (χ3n) is 2.60. The summed E-state index contributed by atoms with van der Waals surface area (Å²) in [6.07, 6.45) is 0. The Hall–Kier alpha value is -3.15. The number of para-hydroxylation sites is 1. The average molecular weight is 285 g/mol. The van der Waals surface area contributed by atoms with Crippen molar-refractivity contribution < 1.29 is 19.6 Å². The summed E-state index contributed by atoms with van der Waals surface area (Å²) in [6, 6.07) is 15.8. The Morgan fingerprint density at radius 1 is 1.00 bits per heavy atom. The van der Waals surface area contributed by atoms with Crippen molar-refractivity contribution in [3.8, 4) is 5.75 Å². The lowest BCUT2D eigenvalue weighted by Crippen LogP contribution is -2.15. The summed E-state index contributed by atoms with van der Waals surface area (Å²) >= 11 is 0. The number of rotatable bonds is 5. The fourth-order valence-corrected chi connectivity index (χ4v) is 1.72. The first-order valence-corrected chi connectivity index (χ1v) is 6.00. The van der Waals surface area contributed by atoms with Crippen LogP contribution < -0.4 is 4.74 Å². The molecule has 0 saturated carbocycles. The van der Waals surface area contributed by atoms with E-state index in [0.717, 1.165) is 0 Å². The van der Waals surface area contributed by atoms with Crippen molar-refractivity contribution in [2.24, 2.45) is 0 Å². The number of hydrogen-bond donors (Lipinski definition) is 1. The van der Waals surface area contributed by atoms with E-state index in [9.17, 15) is 20.0 Å². The molecule has 6 nitrogen and oxygen atoms in total. The highest BCUT2D eigenvalue weighted by Gasteiger charge is 2.28. The molecule has 106 valence electrons. The molecule has 0 spiro atoms. The number of ether oxygens (including phenoxy) is 1. The predicted molar refractivity (Wildman–Crippen MR) is 75.1 cm³/mol. The van der Waals surface area contributed by atoms with E-state index in [4.69, 9.17) is 4.74 Å². The number of carboxylic acids is 1. The zero-order valence-corrected chi connectivity index (χ0v) is 10.8. The Balaban J connectivity index is 2.54. The normalized spacial score (nSPS) is 11.4. The van der Waals surface area contributed by atoms with E-state index in [0.29, 0.717) is 0 Å². The van der Waals surface area contributed by atoms with Crippen LogP contribution in [0.3, 0.4) is 0 Å². The standard InChI is InChI=1S/C15H11NO5/c17-15(18)14(21-12-9-5-2-6-10-12)13(16(19)20)11-7-3-1-4-8-11/h1-10H,(H,17,18). The van der Waals surface area contributed by atoms with Crippen LogP contribution in [0.4, 0.5) is 0 Å². The van der Waals surface area contributed by atoms with Crippen LogP contribution in [-0.2, 0) is 4.79 Å². The number of aliphatic carboxylic acids is 1. The summed E-state index contributed by atoms with van der Waals surface area (Å²) in [7, 11) is 0. The van der Waals surface area contributed by atoms with Crippen LogP contribution in [0.1, 0.15) is 5.56 Å². The number of nitro groups is 1. The molecule has 0 aliphatic carbocycles. The van der Waals surface area contributed by atoms with E-state index < -0.39 is 22.3 Å². The molecular formula is C15H11NO5. The zero-order chi connectivity index (χ0) is 15.2. The summed E-state index contributed by atoms with van der Waals surface area (Å²) in [4.78, 5) is 21.8. The van der Waals surface area contributed by atoms with Gasteiger partial charge in [0.15, 0.2) is 0 Å². The number of hydrogen-bond acceptors (Lipinski definition) is 4. The molecule has 6 heteroatoms. The smallest absolute Gasteiger partial charge is 0.379 e. The Bertz CT molecular complexity index is 680. The molecular weight excluding hydrogens is 274 g/mol. The second-order valence-electron chi connectivity index (χ2n) is 4.02. The molecule has 0 unspecified atom stereocenters. The molecule has 1 N–H and O–H groups in total. The van der Waals surface area contributed by atoms with Gasteiger partial charge in [0, 0.05) is 0 Å². The first kappa shape index (κ1) is 14.3. The Kier molecular flexibility index (Phi) is 4.30. The van der Waals surface area contributed by atoms with Gasteiger partial charge in [-0.15, -0.1) is 0 Å². The average Bonchev–Trinajstić information content (AvgIpc) is 2.48. The zero-order valence-electron chi connectivity index (χ0n) is 10.8. The number of nitrogens with zero attached hydrogens (tertiary/aromatic N) is 1. The Labute approximate surface area is 120 Å². The Morgan fingerprint density at radius 2 is 1.52 bits per heavy atom. The number of carboxylic acid groups (broad SMARTS) is 1. The largest absolute Gasteiger partial charge is 0.475 e. The number of benzene rings is 2. The van der Waals surface area contributed by atoms with E-state index in [1.54, 1.807) is 36.4 Å². The van der Waals surface area contributed by atoms with Gasteiger partial charge in [-0.3, -0.25) is 10.1 Å². The molecule has 0 aliphatic rings. The van der Waals surface area contributed by atoms with Gasteiger partial charge in [0.1, 0.15) is 5.75 Å². The summed E-state index contributed by atoms with van der Waals surface area (Å²) in [6.45, 7) is 0. The minimum absolute atomic E-state index is 0.163. The second-order valence-corrected chi connectivity index (χ2v) is 4.02. The van der Waals surface area contributed by atoms with Gasteiger partial charge < -0.3 is 9.84 Å². The molecule has 0 amide bonds. The van der Waals surface area contributed by atoms with Crippen LogP contribution in [-0.4, -0.2) is 16.0 Å². The molecule has 21 heavy (non-hydrogen) atoms. The molecule has 0 aromatic heterocycles. The van der Waals surface area contributed by atoms with Gasteiger partial charge in [0.05, 0.1) is 10.5 Å². The van der Waals surface area contributed by atoms with Gasteiger partial charge in [-0.25, -0.2) is 4.79 Å². The summed E-state index contributed by atoms with van der Waals surface area (Å²) < 4.78 is 5.19. The van der Waals surface area contributed by atoms with Crippen molar-refractivity contribution in [2.75, 3.05) is 0 Å². The van der Waals surface area contributed by atoms with Crippen LogP contribution in [0.25, 0.3) is 5.70 Å². The maximum atomic E-state index is 11.3. The number of carbonyl (C=O) groups is 1. The minimum Gasteiger partial charge on any atom is -0.475 e. The molecule has 0 fully saturated rings. The van der Waals surface area contributed by atoms with Gasteiger partial charge in [-0.2, -0.15) is 0 Å². The SMILES string of the molecule is O=C(O)C(Oc1ccccc1)=C(c1ccccc1)[N+](=O)[O-]. The molecule has 2 rings (SSSR count). The first-order chi connectivity index (χ1) is 10.1. The van der Waals surface area contributed by atoms with Crippen LogP contribution in [0.15, 0.2) is 66.4 Å². The summed E-state index contributed by atoms with van der Waals surface area (Å²) in [5.41, 5.74) is -0.428. The molecule has 0 heterocycles. The van der Waals surface area contributed by atoms with E-state index in [2.05, 4.69) is 0 Å². The molecule has 0 radical (unpaired) electrons. The minimum atomic E-state index is -1.51. The monoisotopic (exact) mass is 285 g/mol. The van der Waals surface area contributed by atoms with Crippen molar-refractivity contribution in [1.29, 1.82) is 0 Å². The van der Waals surface area contributed by atoms with Gasteiger partial charge >= 0.3 is 11.7 Å². The topological polar surface area (TPSA) is 89.7 Å². The lowest BCUT2D eigenvalue weighted by Gasteiger charge is -2.07. The van der Waals surface area contributed by atoms with Gasteiger partial charge in [-0.05, 0) is 24.3 Å². The fourth-order valence-electron chi connectivity index (χ4n) is 1.72. The quantitative estimate of drug-likeness (QED) is 0.395. The molecule has 0 bridgehead atoms. The molecule has 0 aliphatic heterocycles. The molecule has 2 aromatic rings. The molecule has 0 saturated heterocycles. The summed E-state index contributed by atoms with van der Waals surface area (Å²) in [5.74, 6) is -2.02. The van der Waals surface area contributed by atoms with E-state index in [1.807, 2.05) is 0 Å². The van der Waals surface area contributed by atoms with Crippen LogP contribution in [0.2, 0.25) is 0 Å². The molecule has 2 aromatic carbocycles. The third-order valence-corrected chi connectivity index (χ3v) is 2.60. The molecule has 0 atom stereocenters. The van der Waals surface area contributed by atoms with Crippen molar-refractivity contribution >= 4 is 11.7 Å². The highest BCUT2D eigenvalue weighted by molar-refractivity contribution is 5.92. The van der Waals surface area contributed by atoms with Crippen molar-refractivity contribution in [3.63, 3.8) is 0 Å². The highest BCUT2D eigenvalue weighted by atomic mass is 16.6. The van der Waals surface area contributed by atoms with Gasteiger partial charge in [-0.1, -0.05) is 36.4 Å². The maximum absolute atomic E-state index is 11.3. The van der Waals surface area contributed by atoms with Crippen molar-refractivity contribution in [2.45, 2.75) is 0 Å². The summed E-state index contributed by atoms with van der Waals surface area (Å²) in [5, 5.41) is 20.5. The predicted octanol–water partition coefficient (Wildman–Crippen LogP) is 2.80. The van der Waals surface area contributed by atoms with Crippen LogP contribution >= 0.6 is 0 Å².